The molecule has 0 aromatic rings. The lowest BCUT2D eigenvalue weighted by molar-refractivity contribution is 0.372. The summed E-state index contributed by atoms with van der Waals surface area (Å²) in [4.78, 5) is 8.85. The number of halogens is 1. The molecule has 56 valence electrons. The standard InChI is InChI=1S/C6H8FO2P/c1-2-5-3-6(7)10(8,9)4-5/h1,5-6H,3-4H2,(H,8,9). The number of hydrogen-bond donors (Lipinski definition) is 1. The molecule has 0 amide bonds. The molecule has 1 rings (SSSR count). The topological polar surface area (TPSA) is 37.3 Å². The normalized spacial score (nSPS) is 46.9. The lowest BCUT2D eigenvalue weighted by Gasteiger charge is -2.02. The monoisotopic (exact) mass is 162 g/mol. The molecule has 1 fully saturated rings. The van der Waals surface area contributed by atoms with Crippen LogP contribution in [0.5, 0.6) is 0 Å². The zero-order valence-corrected chi connectivity index (χ0v) is 6.22. The van der Waals surface area contributed by atoms with Gasteiger partial charge in [0.15, 0.2) is 5.91 Å². The second-order valence-electron chi connectivity index (χ2n) is 2.47. The highest BCUT2D eigenvalue weighted by Gasteiger charge is 2.41. The first kappa shape index (κ1) is 7.78. The molecule has 1 N–H and O–H groups in total. The maximum absolute atomic E-state index is 12.5. The predicted molar refractivity (Wildman–Crippen MR) is 36.5 cm³/mol. The molecule has 0 spiro atoms. The van der Waals surface area contributed by atoms with Crippen molar-refractivity contribution in [3.63, 3.8) is 0 Å². The maximum Gasteiger partial charge on any atom is 0.235 e. The van der Waals surface area contributed by atoms with Crippen LogP contribution >= 0.6 is 7.37 Å². The first-order valence-electron chi connectivity index (χ1n) is 2.98. The van der Waals surface area contributed by atoms with Gasteiger partial charge in [0, 0.05) is 18.5 Å². The van der Waals surface area contributed by atoms with Crippen LogP contribution < -0.4 is 0 Å². The van der Waals surface area contributed by atoms with Gasteiger partial charge in [-0.25, -0.2) is 4.39 Å². The van der Waals surface area contributed by atoms with Crippen molar-refractivity contribution in [1.82, 2.24) is 0 Å². The molecule has 3 atom stereocenters. The Labute approximate surface area is 58.9 Å². The van der Waals surface area contributed by atoms with Gasteiger partial charge in [0.05, 0.1) is 0 Å². The molecule has 0 saturated carbocycles. The fourth-order valence-electron chi connectivity index (χ4n) is 1.02. The molecular formula is C6H8FO2P. The van der Waals surface area contributed by atoms with E-state index < -0.39 is 13.3 Å². The highest BCUT2D eigenvalue weighted by atomic mass is 31.2. The average molecular weight is 162 g/mol. The molecule has 0 aromatic heterocycles. The molecule has 2 nitrogen and oxygen atoms in total. The van der Waals surface area contributed by atoms with E-state index in [0.717, 1.165) is 0 Å². The molecule has 4 heteroatoms. The minimum Gasteiger partial charge on any atom is -0.342 e. The molecule has 1 aliphatic rings. The Kier molecular flexibility index (Phi) is 1.85. The van der Waals surface area contributed by atoms with Gasteiger partial charge in [-0.2, -0.15) is 0 Å². The molecule has 0 aliphatic carbocycles. The van der Waals surface area contributed by atoms with Crippen LogP contribution in [-0.2, 0) is 4.57 Å². The molecule has 1 heterocycles. The van der Waals surface area contributed by atoms with E-state index in [1.165, 1.54) is 0 Å². The Morgan fingerprint density at radius 2 is 2.40 bits per heavy atom. The minimum absolute atomic E-state index is 0.0459. The lowest BCUT2D eigenvalue weighted by atomic mass is 10.1. The van der Waals surface area contributed by atoms with E-state index in [1.807, 2.05) is 0 Å². The predicted octanol–water partition coefficient (Wildman–Crippen LogP) is 1.21. The Morgan fingerprint density at radius 3 is 2.60 bits per heavy atom. The van der Waals surface area contributed by atoms with Crippen molar-refractivity contribution in [3.05, 3.63) is 0 Å². The summed E-state index contributed by atoms with van der Waals surface area (Å²) in [5, 5.41) is 0. The van der Waals surface area contributed by atoms with Gasteiger partial charge in [-0.05, 0) is 0 Å². The van der Waals surface area contributed by atoms with Crippen molar-refractivity contribution in [2.45, 2.75) is 12.3 Å². The van der Waals surface area contributed by atoms with Gasteiger partial charge >= 0.3 is 0 Å². The van der Waals surface area contributed by atoms with Gasteiger partial charge in [0.2, 0.25) is 7.37 Å². The van der Waals surface area contributed by atoms with Crippen LogP contribution in [0.15, 0.2) is 0 Å². The quantitative estimate of drug-likeness (QED) is 0.429. The largest absolute Gasteiger partial charge is 0.342 e. The summed E-state index contributed by atoms with van der Waals surface area (Å²) in [5.74, 6) is 0.347. The van der Waals surface area contributed by atoms with E-state index in [4.69, 9.17) is 11.3 Å². The summed E-state index contributed by atoms with van der Waals surface area (Å²) in [5.41, 5.74) is 0. The van der Waals surface area contributed by atoms with Crippen molar-refractivity contribution in [2.75, 3.05) is 6.16 Å². The number of terminal acetylenes is 1. The van der Waals surface area contributed by atoms with Crippen molar-refractivity contribution < 1.29 is 13.8 Å². The summed E-state index contributed by atoms with van der Waals surface area (Å²) >= 11 is 0. The van der Waals surface area contributed by atoms with Crippen LogP contribution in [0.1, 0.15) is 6.42 Å². The van der Waals surface area contributed by atoms with Crippen LogP contribution in [0, 0.1) is 18.3 Å². The van der Waals surface area contributed by atoms with Crippen LogP contribution in [0.4, 0.5) is 4.39 Å². The van der Waals surface area contributed by atoms with Crippen molar-refractivity contribution >= 4 is 7.37 Å². The van der Waals surface area contributed by atoms with Crippen LogP contribution in [0.2, 0.25) is 0 Å². The fraction of sp³-hybridized carbons (Fsp3) is 0.667. The Bertz CT molecular complexity index is 220. The van der Waals surface area contributed by atoms with E-state index in [1.54, 1.807) is 0 Å². The van der Waals surface area contributed by atoms with E-state index >= 15 is 0 Å². The number of hydrogen-bond acceptors (Lipinski definition) is 1. The number of alkyl halides is 1. The third kappa shape index (κ3) is 1.23. The Morgan fingerprint density at radius 1 is 1.80 bits per heavy atom. The van der Waals surface area contributed by atoms with Crippen molar-refractivity contribution in [3.8, 4) is 12.3 Å². The second kappa shape index (κ2) is 2.38. The van der Waals surface area contributed by atoms with Crippen LogP contribution in [0.3, 0.4) is 0 Å². The smallest absolute Gasteiger partial charge is 0.235 e. The Hall–Kier alpha value is -0.320. The summed E-state index contributed by atoms with van der Waals surface area (Å²) in [6, 6.07) is 0. The first-order valence-corrected chi connectivity index (χ1v) is 4.89. The van der Waals surface area contributed by atoms with Crippen LogP contribution in [0.25, 0.3) is 0 Å². The van der Waals surface area contributed by atoms with Gasteiger partial charge in [-0.3, -0.25) is 4.57 Å². The summed E-state index contributed by atoms with van der Waals surface area (Å²) < 4.78 is 23.3. The average Bonchev–Trinajstić information content (AvgIpc) is 2.08. The molecule has 0 bridgehead atoms. The zero-order valence-electron chi connectivity index (χ0n) is 5.33. The first-order chi connectivity index (χ1) is 4.56. The van der Waals surface area contributed by atoms with Gasteiger partial charge in [-0.1, -0.05) is 0 Å². The van der Waals surface area contributed by atoms with E-state index in [0.29, 0.717) is 0 Å². The summed E-state index contributed by atoms with van der Waals surface area (Å²) in [6.07, 6.45) is 4.96. The summed E-state index contributed by atoms with van der Waals surface area (Å²) in [6.45, 7) is 0. The molecule has 1 saturated heterocycles. The minimum atomic E-state index is -3.52. The van der Waals surface area contributed by atoms with E-state index in [-0.39, 0.29) is 18.5 Å². The van der Waals surface area contributed by atoms with Gasteiger partial charge < -0.3 is 4.89 Å². The third-order valence-corrected chi connectivity index (χ3v) is 3.68. The molecule has 3 unspecified atom stereocenters. The SMILES string of the molecule is C#CC1CC(F)P(=O)(O)C1. The van der Waals surface area contributed by atoms with Gasteiger partial charge in [0.1, 0.15) is 0 Å². The fourth-order valence-corrected chi connectivity index (χ4v) is 2.72. The lowest BCUT2D eigenvalue weighted by Crippen LogP contribution is -1.92. The maximum atomic E-state index is 12.5. The summed E-state index contributed by atoms with van der Waals surface area (Å²) in [7, 11) is -3.52. The van der Waals surface area contributed by atoms with E-state index in [2.05, 4.69) is 5.92 Å². The highest BCUT2D eigenvalue weighted by Crippen LogP contribution is 2.56. The highest BCUT2D eigenvalue weighted by molar-refractivity contribution is 7.58. The third-order valence-electron chi connectivity index (χ3n) is 1.63. The van der Waals surface area contributed by atoms with Crippen molar-refractivity contribution in [1.29, 1.82) is 0 Å². The second-order valence-corrected chi connectivity index (χ2v) is 4.91. The van der Waals surface area contributed by atoms with E-state index in [9.17, 15) is 8.96 Å². The molecule has 1 aliphatic heterocycles. The molecule has 0 radical (unpaired) electrons. The molecule has 10 heavy (non-hydrogen) atoms. The van der Waals surface area contributed by atoms with Crippen molar-refractivity contribution in [2.24, 2.45) is 5.92 Å². The molecule has 0 aromatic carbocycles. The molecular weight excluding hydrogens is 154 g/mol. The van der Waals surface area contributed by atoms with Crippen LogP contribution in [-0.4, -0.2) is 17.0 Å². The Balaban J connectivity index is 2.73. The van der Waals surface area contributed by atoms with Gasteiger partial charge in [-0.15, -0.1) is 12.3 Å². The number of rotatable bonds is 0. The van der Waals surface area contributed by atoms with Gasteiger partial charge in [0.25, 0.3) is 0 Å². The zero-order chi connectivity index (χ0) is 7.78.